The van der Waals surface area contributed by atoms with Crippen LogP contribution in [0.4, 0.5) is 5.82 Å². The van der Waals surface area contributed by atoms with Crippen LogP contribution in [0.25, 0.3) is 16.2 Å². The van der Waals surface area contributed by atoms with Gasteiger partial charge in [-0.05, 0) is 25.5 Å². The number of fused-ring (bicyclic) bond motifs is 1. The van der Waals surface area contributed by atoms with Crippen molar-refractivity contribution in [3.63, 3.8) is 0 Å². The fourth-order valence-electron chi connectivity index (χ4n) is 3.23. The molecule has 130 valence electrons. The number of piperidine rings is 1. The molecule has 3 aromatic rings. The molecule has 0 aliphatic carbocycles. The minimum absolute atomic E-state index is 0.0956. The maximum absolute atomic E-state index is 11.8. The Morgan fingerprint density at radius 3 is 3.16 bits per heavy atom. The number of thiophene rings is 1. The zero-order valence-corrected chi connectivity index (χ0v) is 14.8. The number of amides is 1. The Morgan fingerprint density at radius 1 is 1.52 bits per heavy atom. The molecule has 7 nitrogen and oxygen atoms in total. The highest BCUT2D eigenvalue weighted by Crippen LogP contribution is 2.31. The summed E-state index contributed by atoms with van der Waals surface area (Å²) >= 11 is 1.51. The summed E-state index contributed by atoms with van der Waals surface area (Å²) in [6.45, 7) is 2.00. The second-order valence-corrected chi connectivity index (χ2v) is 7.12. The highest BCUT2D eigenvalue weighted by atomic mass is 32.1. The fraction of sp³-hybridized carbons (Fsp3) is 0.353. The monoisotopic (exact) mass is 356 g/mol. The Kier molecular flexibility index (Phi) is 4.14. The van der Waals surface area contributed by atoms with Gasteiger partial charge in [-0.3, -0.25) is 9.20 Å². The first-order valence-electron chi connectivity index (χ1n) is 8.32. The molecule has 0 spiro atoms. The van der Waals surface area contributed by atoms with E-state index >= 15 is 0 Å². The summed E-state index contributed by atoms with van der Waals surface area (Å²) in [5, 5.41) is 7.91. The highest BCUT2D eigenvalue weighted by Gasteiger charge is 2.21. The number of nitrogen functional groups attached to an aromatic ring is 1. The molecule has 1 unspecified atom stereocenters. The van der Waals surface area contributed by atoms with Crippen molar-refractivity contribution in [3.05, 3.63) is 35.1 Å². The first-order valence-corrected chi connectivity index (χ1v) is 9.20. The Hall–Kier alpha value is -2.45. The first kappa shape index (κ1) is 16.0. The van der Waals surface area contributed by atoms with Crippen molar-refractivity contribution in [1.29, 1.82) is 0 Å². The number of imidazole rings is 1. The van der Waals surface area contributed by atoms with Gasteiger partial charge in [0.1, 0.15) is 0 Å². The van der Waals surface area contributed by atoms with Crippen LogP contribution in [0.5, 0.6) is 0 Å². The minimum atomic E-state index is -0.0956. The van der Waals surface area contributed by atoms with Gasteiger partial charge in [0.05, 0.1) is 28.0 Å². The third-order valence-electron chi connectivity index (χ3n) is 4.60. The summed E-state index contributed by atoms with van der Waals surface area (Å²) in [4.78, 5) is 21.8. The zero-order chi connectivity index (χ0) is 17.4. The smallest absolute Gasteiger partial charge is 0.251 e. The van der Waals surface area contributed by atoms with Gasteiger partial charge in [-0.15, -0.1) is 11.3 Å². The van der Waals surface area contributed by atoms with Gasteiger partial charge in [0, 0.05) is 31.1 Å². The van der Waals surface area contributed by atoms with Crippen LogP contribution >= 0.6 is 11.3 Å². The number of nitrogens with zero attached hydrogens (tertiary/aromatic N) is 3. The molecule has 3 aromatic heterocycles. The molecular formula is C17H20N6OS. The van der Waals surface area contributed by atoms with Gasteiger partial charge in [-0.2, -0.15) is 0 Å². The van der Waals surface area contributed by atoms with Gasteiger partial charge < -0.3 is 16.4 Å². The van der Waals surface area contributed by atoms with E-state index in [1.165, 1.54) is 11.3 Å². The Bertz CT molecular complexity index is 925. The zero-order valence-electron chi connectivity index (χ0n) is 14.0. The van der Waals surface area contributed by atoms with Gasteiger partial charge in [0.25, 0.3) is 5.91 Å². The minimum Gasteiger partial charge on any atom is -0.381 e. The molecule has 25 heavy (non-hydrogen) atoms. The maximum atomic E-state index is 11.8. The lowest BCUT2D eigenvalue weighted by atomic mass is 9.97. The lowest BCUT2D eigenvalue weighted by Gasteiger charge is -2.20. The number of rotatable bonds is 3. The molecule has 4 rings (SSSR count). The molecular weight excluding hydrogens is 336 g/mol. The Morgan fingerprint density at radius 2 is 2.40 bits per heavy atom. The molecule has 0 saturated carbocycles. The van der Waals surface area contributed by atoms with Crippen LogP contribution in [-0.2, 0) is 0 Å². The van der Waals surface area contributed by atoms with Crippen LogP contribution in [0.3, 0.4) is 0 Å². The maximum Gasteiger partial charge on any atom is 0.251 e. The average molecular weight is 356 g/mol. The van der Waals surface area contributed by atoms with E-state index in [1.807, 2.05) is 15.8 Å². The number of hydrogen-bond donors (Lipinski definition) is 3. The summed E-state index contributed by atoms with van der Waals surface area (Å²) in [5.41, 5.74) is 9.30. The summed E-state index contributed by atoms with van der Waals surface area (Å²) in [6, 6.07) is 1.87. The van der Waals surface area contributed by atoms with Gasteiger partial charge in [-0.25, -0.2) is 9.97 Å². The number of carbonyl (C=O) groups excluding carboxylic acids is 1. The topological polar surface area (TPSA) is 97.3 Å². The number of nitrogens with one attached hydrogen (secondary N) is 2. The van der Waals surface area contributed by atoms with Crippen molar-refractivity contribution in [1.82, 2.24) is 25.0 Å². The van der Waals surface area contributed by atoms with Crippen LogP contribution in [0.1, 0.15) is 34.8 Å². The van der Waals surface area contributed by atoms with E-state index in [0.29, 0.717) is 22.9 Å². The molecule has 1 aliphatic heterocycles. The van der Waals surface area contributed by atoms with Crippen LogP contribution < -0.4 is 16.4 Å². The average Bonchev–Trinajstić information content (AvgIpc) is 3.30. The summed E-state index contributed by atoms with van der Waals surface area (Å²) in [7, 11) is 1.63. The van der Waals surface area contributed by atoms with Crippen molar-refractivity contribution < 1.29 is 4.79 Å². The fourth-order valence-corrected chi connectivity index (χ4v) is 4.13. The van der Waals surface area contributed by atoms with Crippen LogP contribution in [0, 0.1) is 0 Å². The molecule has 1 amide bonds. The predicted octanol–water partition coefficient (Wildman–Crippen LogP) is 1.87. The number of nitrogens with two attached hydrogens (primary N) is 1. The number of carbonyl (C=O) groups is 1. The lowest BCUT2D eigenvalue weighted by molar-refractivity contribution is 0.0963. The lowest BCUT2D eigenvalue weighted by Crippen LogP contribution is -2.28. The molecule has 4 heterocycles. The normalized spacial score (nSPS) is 17.7. The van der Waals surface area contributed by atoms with Crippen molar-refractivity contribution >= 4 is 28.7 Å². The van der Waals surface area contributed by atoms with E-state index < -0.39 is 0 Å². The first-order chi connectivity index (χ1) is 12.2. The van der Waals surface area contributed by atoms with Gasteiger partial charge in [-0.1, -0.05) is 0 Å². The number of aromatic nitrogens is 3. The van der Waals surface area contributed by atoms with Crippen molar-refractivity contribution in [2.75, 3.05) is 25.9 Å². The SMILES string of the molecule is CNC(=O)c1csc(-c2cnc(N)c3nc(C4CCCNC4)cn23)c1. The van der Waals surface area contributed by atoms with Crippen molar-refractivity contribution in [2.45, 2.75) is 18.8 Å². The number of anilines is 1. The molecule has 0 radical (unpaired) electrons. The van der Waals surface area contributed by atoms with Crippen molar-refractivity contribution in [2.24, 2.45) is 0 Å². The van der Waals surface area contributed by atoms with Gasteiger partial charge in [0.2, 0.25) is 0 Å². The molecule has 1 atom stereocenters. The second-order valence-electron chi connectivity index (χ2n) is 6.21. The predicted molar refractivity (Wildman–Crippen MR) is 98.9 cm³/mol. The van der Waals surface area contributed by atoms with Crippen LogP contribution in [0.15, 0.2) is 23.8 Å². The van der Waals surface area contributed by atoms with Crippen LogP contribution in [0.2, 0.25) is 0 Å². The Balaban J connectivity index is 1.78. The van der Waals surface area contributed by atoms with E-state index in [1.54, 1.807) is 13.2 Å². The summed E-state index contributed by atoms with van der Waals surface area (Å²) < 4.78 is 1.99. The van der Waals surface area contributed by atoms with E-state index in [0.717, 1.165) is 42.2 Å². The second kappa shape index (κ2) is 6.45. The third kappa shape index (κ3) is 2.87. The third-order valence-corrected chi connectivity index (χ3v) is 5.55. The number of hydrogen-bond acceptors (Lipinski definition) is 6. The molecule has 0 bridgehead atoms. The van der Waals surface area contributed by atoms with E-state index in [-0.39, 0.29) is 5.91 Å². The molecule has 1 fully saturated rings. The molecule has 0 aromatic carbocycles. The van der Waals surface area contributed by atoms with E-state index in [4.69, 9.17) is 10.7 Å². The molecule has 1 saturated heterocycles. The summed E-state index contributed by atoms with van der Waals surface area (Å²) in [5.74, 6) is 0.717. The van der Waals surface area contributed by atoms with Gasteiger partial charge >= 0.3 is 0 Å². The molecule has 4 N–H and O–H groups in total. The summed E-state index contributed by atoms with van der Waals surface area (Å²) in [6.07, 6.45) is 6.07. The highest BCUT2D eigenvalue weighted by molar-refractivity contribution is 7.13. The standard InChI is InChI=1S/C17H20N6OS/c1-19-17(24)11-5-14(25-9-11)13-7-21-15(18)16-22-12(8-23(13)16)10-3-2-4-20-6-10/h5,7-10,20H,2-4,6H2,1H3,(H2,18,21)(H,19,24). The quantitative estimate of drug-likeness (QED) is 0.666. The van der Waals surface area contributed by atoms with Crippen LogP contribution in [-0.4, -0.2) is 40.4 Å². The molecule has 1 aliphatic rings. The largest absolute Gasteiger partial charge is 0.381 e. The Labute approximate surface area is 149 Å². The van der Waals surface area contributed by atoms with E-state index in [9.17, 15) is 4.79 Å². The molecule has 8 heteroatoms. The van der Waals surface area contributed by atoms with Crippen molar-refractivity contribution in [3.8, 4) is 10.6 Å². The van der Waals surface area contributed by atoms with E-state index in [2.05, 4.69) is 21.8 Å². The van der Waals surface area contributed by atoms with Gasteiger partial charge in [0.15, 0.2) is 11.5 Å².